The molecule has 0 saturated carbocycles. The Bertz CT molecular complexity index is 219. The van der Waals surface area contributed by atoms with Gasteiger partial charge in [-0.05, 0) is 30.1 Å². The van der Waals surface area contributed by atoms with Gasteiger partial charge in [-0.2, -0.15) is 0 Å². The van der Waals surface area contributed by atoms with E-state index in [2.05, 4.69) is 27.7 Å². The highest BCUT2D eigenvalue weighted by molar-refractivity contribution is 5.97. The Morgan fingerprint density at radius 2 is 1.89 bits per heavy atom. The lowest BCUT2D eigenvalue weighted by atomic mass is 9.67. The molecule has 1 atom stereocenters. The summed E-state index contributed by atoms with van der Waals surface area (Å²) in [6, 6.07) is 0. The van der Waals surface area contributed by atoms with Crippen molar-refractivity contribution in [3.63, 3.8) is 0 Å². The van der Waals surface area contributed by atoms with E-state index in [1.165, 1.54) is 6.42 Å². The first-order valence-corrected chi connectivity index (χ1v) is 8.03. The van der Waals surface area contributed by atoms with E-state index in [4.69, 9.17) is 13.9 Å². The summed E-state index contributed by atoms with van der Waals surface area (Å²) >= 11 is 0. The first-order valence-electron chi connectivity index (χ1n) is 7.21. The first kappa shape index (κ1) is 16.2. The first-order chi connectivity index (χ1) is 8.53. The number of epoxide rings is 1. The van der Waals surface area contributed by atoms with Crippen LogP contribution in [-0.2, 0) is 13.9 Å². The Hall–Kier alpha value is 0.0969. The van der Waals surface area contributed by atoms with Gasteiger partial charge in [0, 0.05) is 13.2 Å². The molecular formula is C14H30O3Si. The third-order valence-electron chi connectivity index (χ3n) is 4.35. The standard InChI is InChI=1S/C14H30O3Si/c1-11(2)14(10-17-18,12(3)4)6-5-7-15-8-13-9-16-13/h11-13H,5-10H2,1-4,18H3. The maximum atomic E-state index is 5.63. The average Bonchev–Trinajstić information content (AvgIpc) is 3.10. The van der Waals surface area contributed by atoms with Crippen LogP contribution in [0.5, 0.6) is 0 Å². The van der Waals surface area contributed by atoms with Crippen molar-refractivity contribution < 1.29 is 13.9 Å². The molecule has 3 nitrogen and oxygen atoms in total. The van der Waals surface area contributed by atoms with E-state index in [1.54, 1.807) is 0 Å². The van der Waals surface area contributed by atoms with Gasteiger partial charge in [0.1, 0.15) is 16.6 Å². The quantitative estimate of drug-likeness (QED) is 0.346. The monoisotopic (exact) mass is 274 g/mol. The molecule has 0 amide bonds. The maximum Gasteiger partial charge on any atom is 0.145 e. The second-order valence-corrected chi connectivity index (χ2v) is 6.69. The lowest BCUT2D eigenvalue weighted by Crippen LogP contribution is -2.38. The molecule has 18 heavy (non-hydrogen) atoms. The van der Waals surface area contributed by atoms with Gasteiger partial charge in [-0.3, -0.25) is 0 Å². The van der Waals surface area contributed by atoms with Crippen LogP contribution >= 0.6 is 0 Å². The van der Waals surface area contributed by atoms with Crippen molar-refractivity contribution in [1.29, 1.82) is 0 Å². The molecule has 1 aliphatic heterocycles. The second kappa shape index (κ2) is 7.63. The molecule has 0 N–H and O–H groups in total. The van der Waals surface area contributed by atoms with Crippen molar-refractivity contribution in [3.05, 3.63) is 0 Å². The van der Waals surface area contributed by atoms with Gasteiger partial charge in [-0.1, -0.05) is 27.7 Å². The molecule has 0 aliphatic carbocycles. The van der Waals surface area contributed by atoms with Crippen molar-refractivity contribution in [2.24, 2.45) is 17.3 Å². The molecule has 0 aromatic heterocycles. The van der Waals surface area contributed by atoms with E-state index >= 15 is 0 Å². The van der Waals surface area contributed by atoms with Crippen LogP contribution in [0.1, 0.15) is 40.5 Å². The van der Waals surface area contributed by atoms with Crippen LogP contribution in [-0.4, -0.2) is 43.0 Å². The third-order valence-corrected chi connectivity index (χ3v) is 4.64. The predicted octanol–water partition coefficient (Wildman–Crippen LogP) is 1.78. The third kappa shape index (κ3) is 4.65. The summed E-state index contributed by atoms with van der Waals surface area (Å²) < 4.78 is 16.4. The van der Waals surface area contributed by atoms with Gasteiger partial charge in [-0.25, -0.2) is 0 Å². The van der Waals surface area contributed by atoms with Crippen LogP contribution in [0, 0.1) is 17.3 Å². The molecule has 0 aromatic rings. The molecule has 108 valence electrons. The normalized spacial score (nSPS) is 20.0. The van der Waals surface area contributed by atoms with Crippen LogP contribution in [0.3, 0.4) is 0 Å². The van der Waals surface area contributed by atoms with Crippen molar-refractivity contribution >= 4 is 10.5 Å². The van der Waals surface area contributed by atoms with E-state index in [9.17, 15) is 0 Å². The summed E-state index contributed by atoms with van der Waals surface area (Å²) in [5.74, 6) is 1.30. The fourth-order valence-electron chi connectivity index (χ4n) is 2.80. The molecule has 1 fully saturated rings. The Morgan fingerprint density at radius 3 is 2.33 bits per heavy atom. The Kier molecular flexibility index (Phi) is 6.85. The Morgan fingerprint density at radius 1 is 1.28 bits per heavy atom. The number of rotatable bonds is 10. The number of hydrogen-bond acceptors (Lipinski definition) is 3. The lowest BCUT2D eigenvalue weighted by molar-refractivity contribution is 0.0224. The molecule has 1 saturated heterocycles. The Balaban J connectivity index is 2.33. The van der Waals surface area contributed by atoms with Gasteiger partial charge < -0.3 is 13.9 Å². The SMILES string of the molecule is CC(C)C(CCCOCC1CO1)(CO[SiH3])C(C)C. The summed E-state index contributed by atoms with van der Waals surface area (Å²) in [5.41, 5.74) is 0.307. The van der Waals surface area contributed by atoms with E-state index in [1.807, 2.05) is 0 Å². The summed E-state index contributed by atoms with van der Waals surface area (Å²) in [7, 11) is 0.830. The fourth-order valence-corrected chi connectivity index (χ4v) is 3.34. The van der Waals surface area contributed by atoms with Crippen molar-refractivity contribution in [1.82, 2.24) is 0 Å². The molecule has 0 bridgehead atoms. The second-order valence-electron chi connectivity index (χ2n) is 6.11. The fraction of sp³-hybridized carbons (Fsp3) is 1.00. The molecule has 0 spiro atoms. The number of ether oxygens (including phenoxy) is 2. The summed E-state index contributed by atoms with van der Waals surface area (Å²) in [6.45, 7) is 12.7. The van der Waals surface area contributed by atoms with E-state index in [0.29, 0.717) is 23.4 Å². The number of hydrogen-bond donors (Lipinski definition) is 0. The highest BCUT2D eigenvalue weighted by Gasteiger charge is 2.36. The largest absolute Gasteiger partial charge is 0.427 e. The van der Waals surface area contributed by atoms with Crippen molar-refractivity contribution in [2.75, 3.05) is 26.4 Å². The van der Waals surface area contributed by atoms with Gasteiger partial charge in [0.05, 0.1) is 13.2 Å². The van der Waals surface area contributed by atoms with Crippen LogP contribution < -0.4 is 0 Å². The topological polar surface area (TPSA) is 31.0 Å². The zero-order chi connectivity index (χ0) is 13.6. The van der Waals surface area contributed by atoms with Crippen molar-refractivity contribution in [3.8, 4) is 0 Å². The highest BCUT2D eigenvalue weighted by Crippen LogP contribution is 2.40. The van der Waals surface area contributed by atoms with E-state index < -0.39 is 0 Å². The van der Waals surface area contributed by atoms with Gasteiger partial charge >= 0.3 is 0 Å². The molecule has 1 rings (SSSR count). The lowest BCUT2D eigenvalue weighted by Gasteiger charge is -2.41. The highest BCUT2D eigenvalue weighted by atomic mass is 28.2. The molecule has 0 radical (unpaired) electrons. The Labute approximate surface area is 115 Å². The van der Waals surface area contributed by atoms with E-state index in [0.717, 1.165) is 43.3 Å². The van der Waals surface area contributed by atoms with Crippen molar-refractivity contribution in [2.45, 2.75) is 46.6 Å². The van der Waals surface area contributed by atoms with Crippen LogP contribution in [0.4, 0.5) is 0 Å². The van der Waals surface area contributed by atoms with Gasteiger partial charge in [0.2, 0.25) is 0 Å². The van der Waals surface area contributed by atoms with Crippen LogP contribution in [0.2, 0.25) is 0 Å². The van der Waals surface area contributed by atoms with Gasteiger partial charge in [-0.15, -0.1) is 0 Å². The minimum absolute atomic E-state index is 0.307. The molecule has 1 unspecified atom stereocenters. The minimum Gasteiger partial charge on any atom is -0.427 e. The maximum absolute atomic E-state index is 5.63. The summed E-state index contributed by atoms with van der Waals surface area (Å²) in [4.78, 5) is 0. The van der Waals surface area contributed by atoms with Gasteiger partial charge in [0.25, 0.3) is 0 Å². The smallest absolute Gasteiger partial charge is 0.145 e. The van der Waals surface area contributed by atoms with Crippen LogP contribution in [0.25, 0.3) is 0 Å². The molecule has 4 heteroatoms. The minimum atomic E-state index is 0.307. The average molecular weight is 274 g/mol. The predicted molar refractivity (Wildman–Crippen MR) is 77.8 cm³/mol. The summed E-state index contributed by atoms with van der Waals surface area (Å²) in [6.07, 6.45) is 2.69. The molecule has 1 aliphatic rings. The van der Waals surface area contributed by atoms with E-state index in [-0.39, 0.29) is 0 Å². The molecule has 0 aromatic carbocycles. The zero-order valence-electron chi connectivity index (χ0n) is 12.7. The molecule has 1 heterocycles. The van der Waals surface area contributed by atoms with Gasteiger partial charge in [0.15, 0.2) is 0 Å². The molecular weight excluding hydrogens is 244 g/mol. The zero-order valence-corrected chi connectivity index (χ0v) is 14.7. The summed E-state index contributed by atoms with van der Waals surface area (Å²) in [5, 5.41) is 0. The van der Waals surface area contributed by atoms with Crippen LogP contribution in [0.15, 0.2) is 0 Å².